The van der Waals surface area contributed by atoms with Gasteiger partial charge in [-0.1, -0.05) is 32.8 Å². The van der Waals surface area contributed by atoms with E-state index in [1.54, 1.807) is 0 Å². The van der Waals surface area contributed by atoms with Gasteiger partial charge in [-0.2, -0.15) is 8.42 Å². The molecule has 0 fully saturated rings. The van der Waals surface area contributed by atoms with E-state index in [9.17, 15) is 20.7 Å². The maximum absolute atomic E-state index is 12.2. The predicted octanol–water partition coefficient (Wildman–Crippen LogP) is 0.822. The average Bonchev–Trinajstić information content (AvgIpc) is 2.14. The fraction of sp³-hybridized carbons (Fsp3) is 0. The third kappa shape index (κ3) is 3.40. The molecular formula is C8H8FNO4S2. The normalized spacial score (nSPS) is 12.3. The third-order valence-electron chi connectivity index (χ3n) is 1.64. The Morgan fingerprint density at radius 2 is 1.62 bits per heavy atom. The van der Waals surface area contributed by atoms with E-state index in [-0.39, 0.29) is 4.90 Å². The predicted molar refractivity (Wildman–Crippen MR) is 56.9 cm³/mol. The van der Waals surface area contributed by atoms with Crippen molar-refractivity contribution in [1.29, 1.82) is 0 Å². The van der Waals surface area contributed by atoms with E-state index in [1.807, 2.05) is 0 Å². The molecule has 1 aromatic rings. The third-order valence-corrected chi connectivity index (χ3v) is 4.20. The highest BCUT2D eigenvalue weighted by molar-refractivity contribution is 8.02. The summed E-state index contributed by atoms with van der Waals surface area (Å²) < 4.78 is 56.0. The molecule has 5 nitrogen and oxygen atoms in total. The minimum atomic E-state index is -5.30. The number of benzene rings is 1. The van der Waals surface area contributed by atoms with E-state index in [4.69, 9.17) is 0 Å². The Morgan fingerprint density at radius 3 is 2.00 bits per heavy atom. The summed E-state index contributed by atoms with van der Waals surface area (Å²) in [6.07, 6.45) is 1.48. The highest BCUT2D eigenvalue weighted by atomic mass is 32.3. The zero-order chi connectivity index (χ0) is 12.4. The number of sulfonamides is 1. The number of nitrogens with one attached hydrogen (secondary N) is 1. The molecule has 0 spiro atoms. The van der Waals surface area contributed by atoms with E-state index in [0.29, 0.717) is 5.56 Å². The number of rotatable bonds is 4. The van der Waals surface area contributed by atoms with Gasteiger partial charge in [0.05, 0.1) is 4.90 Å². The second-order valence-electron chi connectivity index (χ2n) is 2.80. The van der Waals surface area contributed by atoms with E-state index in [1.165, 1.54) is 18.2 Å². The molecule has 1 N–H and O–H groups in total. The Kier molecular flexibility index (Phi) is 3.46. The molecule has 0 aliphatic rings. The maximum atomic E-state index is 12.2. The van der Waals surface area contributed by atoms with Gasteiger partial charge in [0.25, 0.3) is 10.0 Å². The van der Waals surface area contributed by atoms with Gasteiger partial charge < -0.3 is 0 Å². The Labute approximate surface area is 93.0 Å². The molecule has 0 aliphatic heterocycles. The van der Waals surface area contributed by atoms with Gasteiger partial charge in [0, 0.05) is 0 Å². The van der Waals surface area contributed by atoms with Gasteiger partial charge >= 0.3 is 10.4 Å². The molecular weight excluding hydrogens is 257 g/mol. The Hall–Kier alpha value is -1.25. The molecule has 0 atom stereocenters. The monoisotopic (exact) mass is 265 g/mol. The first-order valence-electron chi connectivity index (χ1n) is 3.95. The topological polar surface area (TPSA) is 80.3 Å². The van der Waals surface area contributed by atoms with Crippen LogP contribution in [-0.2, 0) is 20.4 Å². The molecule has 1 aromatic carbocycles. The van der Waals surface area contributed by atoms with Crippen molar-refractivity contribution in [3.05, 3.63) is 36.4 Å². The number of hydrogen-bond donors (Lipinski definition) is 1. The van der Waals surface area contributed by atoms with Crippen molar-refractivity contribution >= 4 is 26.5 Å². The molecule has 0 radical (unpaired) electrons. The van der Waals surface area contributed by atoms with Crippen LogP contribution < -0.4 is 4.13 Å². The first-order valence-corrected chi connectivity index (χ1v) is 6.82. The Balaban J connectivity index is 3.13. The minimum Gasteiger partial charge on any atom is -0.206 e. The zero-order valence-corrected chi connectivity index (χ0v) is 9.55. The van der Waals surface area contributed by atoms with Gasteiger partial charge in [-0.3, -0.25) is 0 Å². The van der Waals surface area contributed by atoms with Gasteiger partial charge in [-0.05, 0) is 17.7 Å². The average molecular weight is 265 g/mol. The van der Waals surface area contributed by atoms with E-state index < -0.39 is 20.4 Å². The zero-order valence-electron chi connectivity index (χ0n) is 7.92. The molecule has 8 heteroatoms. The van der Waals surface area contributed by atoms with Crippen molar-refractivity contribution in [3.8, 4) is 0 Å². The lowest BCUT2D eigenvalue weighted by molar-refractivity contribution is 0.542. The van der Waals surface area contributed by atoms with E-state index in [2.05, 4.69) is 6.58 Å². The van der Waals surface area contributed by atoms with Crippen LogP contribution in [-0.4, -0.2) is 16.8 Å². The summed E-state index contributed by atoms with van der Waals surface area (Å²) >= 11 is 0. The summed E-state index contributed by atoms with van der Waals surface area (Å²) in [6.45, 7) is 3.46. The lowest BCUT2D eigenvalue weighted by Crippen LogP contribution is -2.27. The molecule has 0 bridgehead atoms. The molecule has 88 valence electrons. The fourth-order valence-electron chi connectivity index (χ4n) is 0.962. The van der Waals surface area contributed by atoms with Crippen LogP contribution in [0.25, 0.3) is 6.08 Å². The first-order chi connectivity index (χ1) is 7.24. The van der Waals surface area contributed by atoms with Crippen molar-refractivity contribution in [2.45, 2.75) is 4.90 Å². The van der Waals surface area contributed by atoms with Gasteiger partial charge in [-0.25, -0.2) is 8.42 Å². The maximum Gasteiger partial charge on any atom is 0.385 e. The lowest BCUT2D eigenvalue weighted by atomic mass is 10.2. The standard InChI is InChI=1S/C8H8FNO4S2/c1-2-7-3-5-8(6-4-7)15(11,12)10-16(9,13)14/h2-6,10H,1H2. The van der Waals surface area contributed by atoms with Crippen LogP contribution in [0.2, 0.25) is 0 Å². The molecule has 0 saturated heterocycles. The highest BCUT2D eigenvalue weighted by Gasteiger charge is 2.21. The van der Waals surface area contributed by atoms with Crippen LogP contribution in [0.1, 0.15) is 5.56 Å². The van der Waals surface area contributed by atoms with Crippen molar-refractivity contribution in [1.82, 2.24) is 4.13 Å². The van der Waals surface area contributed by atoms with Crippen molar-refractivity contribution < 1.29 is 20.7 Å². The largest absolute Gasteiger partial charge is 0.385 e. The lowest BCUT2D eigenvalue weighted by Gasteiger charge is -2.02. The molecule has 0 saturated carbocycles. The summed E-state index contributed by atoms with van der Waals surface area (Å²) in [4.78, 5) is -0.348. The van der Waals surface area contributed by atoms with Crippen LogP contribution in [0.3, 0.4) is 0 Å². The van der Waals surface area contributed by atoms with Crippen molar-refractivity contribution in [2.75, 3.05) is 0 Å². The summed E-state index contributed by atoms with van der Waals surface area (Å²) in [5.74, 6) is 0. The van der Waals surface area contributed by atoms with Crippen LogP contribution in [0.4, 0.5) is 3.89 Å². The van der Waals surface area contributed by atoms with E-state index in [0.717, 1.165) is 16.3 Å². The molecule has 0 amide bonds. The van der Waals surface area contributed by atoms with Gasteiger partial charge in [0.1, 0.15) is 0 Å². The van der Waals surface area contributed by atoms with Crippen LogP contribution >= 0.6 is 0 Å². The molecule has 16 heavy (non-hydrogen) atoms. The summed E-state index contributed by atoms with van der Waals surface area (Å²) in [6, 6.07) is 5.11. The molecule has 0 heterocycles. The summed E-state index contributed by atoms with van der Waals surface area (Å²) in [5.41, 5.74) is 0.655. The SMILES string of the molecule is C=Cc1ccc(S(=O)(=O)NS(=O)(=O)F)cc1. The summed E-state index contributed by atoms with van der Waals surface area (Å²) in [7, 11) is -9.69. The smallest absolute Gasteiger partial charge is 0.206 e. The quantitative estimate of drug-likeness (QED) is 0.817. The number of halogens is 1. The Morgan fingerprint density at radius 1 is 1.12 bits per heavy atom. The van der Waals surface area contributed by atoms with Crippen molar-refractivity contribution in [3.63, 3.8) is 0 Å². The van der Waals surface area contributed by atoms with Gasteiger partial charge in [-0.15, -0.1) is 0 Å². The molecule has 0 aliphatic carbocycles. The highest BCUT2D eigenvalue weighted by Crippen LogP contribution is 2.12. The van der Waals surface area contributed by atoms with Crippen LogP contribution in [0.5, 0.6) is 0 Å². The fourth-order valence-corrected chi connectivity index (χ4v) is 2.89. The van der Waals surface area contributed by atoms with Gasteiger partial charge in [0.15, 0.2) is 0 Å². The van der Waals surface area contributed by atoms with Crippen LogP contribution in [0, 0.1) is 0 Å². The van der Waals surface area contributed by atoms with Crippen molar-refractivity contribution in [2.24, 2.45) is 0 Å². The molecule has 0 unspecified atom stereocenters. The van der Waals surface area contributed by atoms with Crippen LogP contribution in [0.15, 0.2) is 35.7 Å². The van der Waals surface area contributed by atoms with Gasteiger partial charge in [0.2, 0.25) is 0 Å². The second kappa shape index (κ2) is 4.32. The second-order valence-corrected chi connectivity index (χ2v) is 5.82. The molecule has 0 aromatic heterocycles. The molecule has 1 rings (SSSR count). The summed E-state index contributed by atoms with van der Waals surface area (Å²) in [5, 5.41) is 0. The first kappa shape index (κ1) is 12.8. The Bertz CT molecular complexity index is 589. The van der Waals surface area contributed by atoms with E-state index >= 15 is 0 Å². The number of hydrogen-bond acceptors (Lipinski definition) is 4. The minimum absolute atomic E-state index is 0.348.